The fraction of sp³-hybridized carbons (Fsp3) is 0.800. The summed E-state index contributed by atoms with van der Waals surface area (Å²) >= 11 is 0. The monoisotopic (exact) mass is 196 g/mol. The van der Waals surface area contributed by atoms with Gasteiger partial charge in [-0.05, 0) is 25.7 Å². The summed E-state index contributed by atoms with van der Waals surface area (Å²) in [5.41, 5.74) is 0. The maximum absolute atomic E-state index is 11.4. The molecule has 0 radical (unpaired) electrons. The highest BCUT2D eigenvalue weighted by atomic mass is 16.2. The molecule has 0 spiro atoms. The van der Waals surface area contributed by atoms with Crippen LogP contribution < -0.4 is 5.32 Å². The van der Waals surface area contributed by atoms with Crippen LogP contribution >= 0.6 is 0 Å². The van der Waals surface area contributed by atoms with Gasteiger partial charge < -0.3 is 10.2 Å². The highest BCUT2D eigenvalue weighted by Gasteiger charge is 2.31. The van der Waals surface area contributed by atoms with Gasteiger partial charge in [-0.25, -0.2) is 0 Å². The minimum absolute atomic E-state index is 0.217. The minimum Gasteiger partial charge on any atom is -0.353 e. The second-order valence-corrected chi connectivity index (χ2v) is 4.20. The summed E-state index contributed by atoms with van der Waals surface area (Å²) in [6.45, 7) is 1.55. The van der Waals surface area contributed by atoms with Gasteiger partial charge in [0.25, 0.3) is 0 Å². The van der Waals surface area contributed by atoms with Gasteiger partial charge in [0, 0.05) is 25.0 Å². The zero-order valence-corrected chi connectivity index (χ0v) is 8.24. The molecule has 4 heteroatoms. The quantitative estimate of drug-likeness (QED) is 0.652. The minimum atomic E-state index is 0.217. The van der Waals surface area contributed by atoms with Crippen molar-refractivity contribution in [2.24, 2.45) is 5.92 Å². The molecule has 1 heterocycles. The summed E-state index contributed by atoms with van der Waals surface area (Å²) in [6.07, 6.45) is 4.80. The number of nitrogens with zero attached hydrogens (tertiary/aromatic N) is 1. The van der Waals surface area contributed by atoms with E-state index in [0.29, 0.717) is 12.0 Å². The van der Waals surface area contributed by atoms with Gasteiger partial charge in [-0.1, -0.05) is 0 Å². The zero-order chi connectivity index (χ0) is 9.97. The lowest BCUT2D eigenvalue weighted by atomic mass is 10.1. The Morgan fingerprint density at radius 1 is 1.21 bits per heavy atom. The average Bonchev–Trinajstić information content (AvgIpc) is 3.02. The molecule has 2 rings (SSSR count). The van der Waals surface area contributed by atoms with E-state index in [1.165, 1.54) is 0 Å². The third-order valence-electron chi connectivity index (χ3n) is 2.97. The first-order chi connectivity index (χ1) is 6.79. The van der Waals surface area contributed by atoms with Crippen LogP contribution in [0.3, 0.4) is 0 Å². The van der Waals surface area contributed by atoms with E-state index in [4.69, 9.17) is 0 Å². The number of carbonyl (C=O) groups is 2. The second-order valence-electron chi connectivity index (χ2n) is 4.20. The van der Waals surface area contributed by atoms with Crippen LogP contribution in [0.15, 0.2) is 0 Å². The lowest BCUT2D eigenvalue weighted by Crippen LogP contribution is -2.44. The van der Waals surface area contributed by atoms with E-state index in [0.717, 1.165) is 45.2 Å². The Morgan fingerprint density at radius 2 is 1.86 bits per heavy atom. The highest BCUT2D eigenvalue weighted by Crippen LogP contribution is 2.29. The fourth-order valence-corrected chi connectivity index (χ4v) is 1.81. The fourth-order valence-electron chi connectivity index (χ4n) is 1.81. The van der Waals surface area contributed by atoms with Gasteiger partial charge >= 0.3 is 0 Å². The molecule has 14 heavy (non-hydrogen) atoms. The predicted molar refractivity (Wildman–Crippen MR) is 51.5 cm³/mol. The molecule has 0 aromatic rings. The lowest BCUT2D eigenvalue weighted by molar-refractivity contribution is -0.123. The van der Waals surface area contributed by atoms with E-state index in [1.807, 2.05) is 0 Å². The predicted octanol–water partition coefficient (Wildman–Crippen LogP) is 0.133. The van der Waals surface area contributed by atoms with Crippen LogP contribution in [0.25, 0.3) is 0 Å². The number of rotatable bonds is 3. The molecule has 1 saturated heterocycles. The van der Waals surface area contributed by atoms with Crippen molar-refractivity contribution >= 4 is 12.3 Å². The van der Waals surface area contributed by atoms with Gasteiger partial charge in [-0.3, -0.25) is 9.59 Å². The summed E-state index contributed by atoms with van der Waals surface area (Å²) in [4.78, 5) is 23.6. The first-order valence-corrected chi connectivity index (χ1v) is 5.29. The summed E-state index contributed by atoms with van der Waals surface area (Å²) < 4.78 is 0. The third-order valence-corrected chi connectivity index (χ3v) is 2.97. The van der Waals surface area contributed by atoms with Crippen LogP contribution in [0.5, 0.6) is 0 Å². The molecule has 0 aromatic heterocycles. The van der Waals surface area contributed by atoms with Crippen molar-refractivity contribution in [3.05, 3.63) is 0 Å². The molecule has 1 saturated carbocycles. The molecule has 1 N–H and O–H groups in total. The van der Waals surface area contributed by atoms with Crippen molar-refractivity contribution in [1.82, 2.24) is 10.2 Å². The third kappa shape index (κ3) is 2.25. The van der Waals surface area contributed by atoms with E-state index < -0.39 is 0 Å². The number of piperidine rings is 1. The Labute approximate surface area is 83.6 Å². The summed E-state index contributed by atoms with van der Waals surface area (Å²) in [6, 6.07) is 0.291. The van der Waals surface area contributed by atoms with Crippen molar-refractivity contribution in [2.75, 3.05) is 13.1 Å². The van der Waals surface area contributed by atoms with Gasteiger partial charge in [-0.15, -0.1) is 0 Å². The van der Waals surface area contributed by atoms with E-state index >= 15 is 0 Å². The summed E-state index contributed by atoms with van der Waals surface area (Å²) in [7, 11) is 0. The van der Waals surface area contributed by atoms with Gasteiger partial charge in [0.15, 0.2) is 0 Å². The SMILES string of the molecule is O=CN1CCC(NC(=O)C2CC2)CC1. The van der Waals surface area contributed by atoms with Crippen molar-refractivity contribution < 1.29 is 9.59 Å². The normalized spacial score (nSPS) is 23.3. The van der Waals surface area contributed by atoms with Crippen LogP contribution in [0, 0.1) is 5.92 Å². The number of nitrogens with one attached hydrogen (secondary N) is 1. The van der Waals surface area contributed by atoms with E-state index in [9.17, 15) is 9.59 Å². The van der Waals surface area contributed by atoms with Gasteiger partial charge in [-0.2, -0.15) is 0 Å². The lowest BCUT2D eigenvalue weighted by Gasteiger charge is -2.29. The molecule has 0 aromatic carbocycles. The van der Waals surface area contributed by atoms with Crippen LogP contribution in [-0.2, 0) is 9.59 Å². The Morgan fingerprint density at radius 3 is 2.36 bits per heavy atom. The Hall–Kier alpha value is -1.06. The molecule has 0 unspecified atom stereocenters. The molecule has 2 amide bonds. The molecule has 78 valence electrons. The Bertz CT molecular complexity index is 230. The van der Waals surface area contributed by atoms with Crippen LogP contribution in [0.4, 0.5) is 0 Å². The molecule has 1 aliphatic heterocycles. The van der Waals surface area contributed by atoms with E-state index in [2.05, 4.69) is 5.32 Å². The molecule has 0 bridgehead atoms. The Balaban J connectivity index is 1.72. The van der Waals surface area contributed by atoms with Gasteiger partial charge in [0.2, 0.25) is 12.3 Å². The van der Waals surface area contributed by atoms with Crippen LogP contribution in [-0.4, -0.2) is 36.3 Å². The second kappa shape index (κ2) is 3.98. The molecule has 4 nitrogen and oxygen atoms in total. The number of carbonyl (C=O) groups excluding carboxylic acids is 2. The molecule has 2 fully saturated rings. The van der Waals surface area contributed by atoms with Crippen molar-refractivity contribution in [3.63, 3.8) is 0 Å². The maximum Gasteiger partial charge on any atom is 0.223 e. The van der Waals surface area contributed by atoms with E-state index in [1.54, 1.807) is 4.90 Å². The summed E-state index contributed by atoms with van der Waals surface area (Å²) in [5, 5.41) is 3.04. The van der Waals surface area contributed by atoms with Crippen molar-refractivity contribution in [1.29, 1.82) is 0 Å². The number of hydrogen-bond acceptors (Lipinski definition) is 2. The van der Waals surface area contributed by atoms with E-state index in [-0.39, 0.29) is 5.91 Å². The first-order valence-electron chi connectivity index (χ1n) is 5.29. The van der Waals surface area contributed by atoms with Crippen LogP contribution in [0.2, 0.25) is 0 Å². The highest BCUT2D eigenvalue weighted by molar-refractivity contribution is 5.81. The van der Waals surface area contributed by atoms with Crippen LogP contribution in [0.1, 0.15) is 25.7 Å². The molecular weight excluding hydrogens is 180 g/mol. The molecular formula is C10H16N2O2. The molecule has 1 aliphatic carbocycles. The number of likely N-dealkylation sites (tertiary alicyclic amines) is 1. The molecule has 0 atom stereocenters. The van der Waals surface area contributed by atoms with Crippen molar-refractivity contribution in [3.8, 4) is 0 Å². The average molecular weight is 196 g/mol. The molecule has 2 aliphatic rings. The first kappa shape index (κ1) is 9.49. The zero-order valence-electron chi connectivity index (χ0n) is 8.24. The smallest absolute Gasteiger partial charge is 0.223 e. The summed E-state index contributed by atoms with van der Waals surface area (Å²) in [5.74, 6) is 0.508. The standard InChI is InChI=1S/C10H16N2O2/c13-7-12-5-3-9(4-6-12)11-10(14)8-1-2-8/h7-9H,1-6H2,(H,11,14). The van der Waals surface area contributed by atoms with Gasteiger partial charge in [0.1, 0.15) is 0 Å². The Kier molecular flexibility index (Phi) is 2.70. The number of hydrogen-bond donors (Lipinski definition) is 1. The van der Waals surface area contributed by atoms with Crippen molar-refractivity contribution in [2.45, 2.75) is 31.7 Å². The topological polar surface area (TPSA) is 49.4 Å². The largest absolute Gasteiger partial charge is 0.353 e. The number of amides is 2. The maximum atomic E-state index is 11.4. The van der Waals surface area contributed by atoms with Gasteiger partial charge in [0.05, 0.1) is 0 Å².